The molecule has 1 rings (SSSR count). The van der Waals surface area contributed by atoms with Crippen molar-refractivity contribution in [3.05, 3.63) is 0 Å². The van der Waals surface area contributed by atoms with E-state index in [9.17, 15) is 4.79 Å². The number of rotatable bonds is 4. The van der Waals surface area contributed by atoms with Gasteiger partial charge < -0.3 is 4.90 Å². The summed E-state index contributed by atoms with van der Waals surface area (Å²) in [5, 5.41) is 0. The second kappa shape index (κ2) is 6.36. The van der Waals surface area contributed by atoms with Crippen LogP contribution in [0, 0.1) is 5.41 Å². The van der Waals surface area contributed by atoms with E-state index < -0.39 is 5.41 Å². The summed E-state index contributed by atoms with van der Waals surface area (Å²) < 4.78 is 0. The molecule has 0 aromatic rings. The zero-order valence-electron chi connectivity index (χ0n) is 11.5. The predicted molar refractivity (Wildman–Crippen MR) is 70.2 cm³/mol. The van der Waals surface area contributed by atoms with Crippen molar-refractivity contribution in [3.63, 3.8) is 0 Å². The van der Waals surface area contributed by atoms with Gasteiger partial charge in [0.25, 0.3) is 0 Å². The number of carbonyl (C=O) groups excluding carboxylic acids is 1. The van der Waals surface area contributed by atoms with Crippen molar-refractivity contribution in [3.8, 4) is 0 Å². The lowest BCUT2D eigenvalue weighted by atomic mass is 9.91. The van der Waals surface area contributed by atoms with Gasteiger partial charge in [-0.3, -0.25) is 10.2 Å². The fraction of sp³-hybridized carbons (Fsp3) is 0.923. The predicted octanol–water partition coefficient (Wildman–Crippen LogP) is 1.66. The summed E-state index contributed by atoms with van der Waals surface area (Å²) in [6.07, 6.45) is 7.87. The molecule has 0 radical (unpaired) electrons. The summed E-state index contributed by atoms with van der Waals surface area (Å²) in [7, 11) is 2.13. The van der Waals surface area contributed by atoms with E-state index in [-0.39, 0.29) is 5.91 Å². The molecule has 0 aromatic heterocycles. The summed E-state index contributed by atoms with van der Waals surface area (Å²) in [6, 6.07) is 0.627. The molecular weight excluding hydrogens is 214 g/mol. The molecule has 0 unspecified atom stereocenters. The Balaban J connectivity index is 2.51. The maximum absolute atomic E-state index is 11.7. The molecule has 1 amide bonds. The second-order valence-corrected chi connectivity index (χ2v) is 5.92. The molecule has 0 saturated heterocycles. The molecule has 1 aliphatic carbocycles. The summed E-state index contributed by atoms with van der Waals surface area (Å²) in [6.45, 7) is 4.66. The SMILES string of the molecule is CN(CC(C)(C)C(=O)NN)C1CCCCCC1. The molecule has 1 saturated carbocycles. The average molecular weight is 241 g/mol. The summed E-state index contributed by atoms with van der Waals surface area (Å²) in [5.74, 6) is 5.13. The molecule has 0 atom stereocenters. The number of nitrogens with zero attached hydrogens (tertiary/aromatic N) is 1. The van der Waals surface area contributed by atoms with Crippen LogP contribution in [0.15, 0.2) is 0 Å². The number of hydrogen-bond donors (Lipinski definition) is 2. The highest BCUT2D eigenvalue weighted by atomic mass is 16.2. The van der Waals surface area contributed by atoms with Gasteiger partial charge in [-0.25, -0.2) is 5.84 Å². The minimum atomic E-state index is -0.421. The summed E-state index contributed by atoms with van der Waals surface area (Å²) in [5.41, 5.74) is 1.84. The first kappa shape index (κ1) is 14.5. The lowest BCUT2D eigenvalue weighted by molar-refractivity contribution is -0.130. The van der Waals surface area contributed by atoms with Crippen LogP contribution >= 0.6 is 0 Å². The largest absolute Gasteiger partial charge is 0.302 e. The average Bonchev–Trinajstić information content (AvgIpc) is 2.55. The van der Waals surface area contributed by atoms with E-state index in [1.807, 2.05) is 13.8 Å². The van der Waals surface area contributed by atoms with Crippen LogP contribution in [-0.4, -0.2) is 30.4 Å². The van der Waals surface area contributed by atoms with Crippen molar-refractivity contribution in [2.24, 2.45) is 11.3 Å². The molecule has 4 nitrogen and oxygen atoms in total. The molecule has 0 aromatic carbocycles. The fourth-order valence-electron chi connectivity index (χ4n) is 2.72. The lowest BCUT2D eigenvalue weighted by Gasteiger charge is -2.33. The van der Waals surface area contributed by atoms with Gasteiger partial charge in [0.2, 0.25) is 5.91 Å². The van der Waals surface area contributed by atoms with Gasteiger partial charge in [-0.2, -0.15) is 0 Å². The van der Waals surface area contributed by atoms with Crippen molar-refractivity contribution in [2.45, 2.75) is 58.4 Å². The Morgan fingerprint density at radius 3 is 2.29 bits per heavy atom. The molecule has 0 aliphatic heterocycles. The van der Waals surface area contributed by atoms with Crippen LogP contribution in [0.1, 0.15) is 52.4 Å². The van der Waals surface area contributed by atoms with Gasteiger partial charge in [0.05, 0.1) is 5.41 Å². The van der Waals surface area contributed by atoms with Gasteiger partial charge in [0.1, 0.15) is 0 Å². The minimum Gasteiger partial charge on any atom is -0.302 e. The highest BCUT2D eigenvalue weighted by molar-refractivity contribution is 5.81. The Bertz CT molecular complexity index is 245. The van der Waals surface area contributed by atoms with Crippen LogP contribution in [0.3, 0.4) is 0 Å². The third-order valence-corrected chi connectivity index (χ3v) is 3.84. The highest BCUT2D eigenvalue weighted by Gasteiger charge is 2.30. The number of carbonyl (C=O) groups is 1. The molecule has 0 bridgehead atoms. The first-order valence-electron chi connectivity index (χ1n) is 6.68. The van der Waals surface area contributed by atoms with E-state index in [1.165, 1.54) is 38.5 Å². The molecule has 17 heavy (non-hydrogen) atoms. The summed E-state index contributed by atoms with van der Waals surface area (Å²) in [4.78, 5) is 14.0. The molecule has 0 heterocycles. The Hall–Kier alpha value is -0.610. The van der Waals surface area contributed by atoms with Gasteiger partial charge in [0.15, 0.2) is 0 Å². The van der Waals surface area contributed by atoms with Crippen LogP contribution in [0.4, 0.5) is 0 Å². The Morgan fingerprint density at radius 2 is 1.82 bits per heavy atom. The highest BCUT2D eigenvalue weighted by Crippen LogP contribution is 2.24. The molecule has 1 aliphatic rings. The van der Waals surface area contributed by atoms with Gasteiger partial charge in [-0.15, -0.1) is 0 Å². The number of hydrazine groups is 1. The van der Waals surface area contributed by atoms with Crippen LogP contribution in [-0.2, 0) is 4.79 Å². The zero-order valence-corrected chi connectivity index (χ0v) is 11.5. The topological polar surface area (TPSA) is 58.4 Å². The van der Waals surface area contributed by atoms with Gasteiger partial charge in [-0.1, -0.05) is 25.7 Å². The zero-order chi connectivity index (χ0) is 12.9. The van der Waals surface area contributed by atoms with E-state index in [0.29, 0.717) is 6.04 Å². The van der Waals surface area contributed by atoms with Crippen molar-refractivity contribution in [1.29, 1.82) is 0 Å². The van der Waals surface area contributed by atoms with E-state index in [1.54, 1.807) is 0 Å². The van der Waals surface area contributed by atoms with E-state index in [0.717, 1.165) is 6.54 Å². The second-order valence-electron chi connectivity index (χ2n) is 5.92. The van der Waals surface area contributed by atoms with E-state index >= 15 is 0 Å². The fourth-order valence-corrected chi connectivity index (χ4v) is 2.72. The minimum absolute atomic E-state index is 0.0852. The quantitative estimate of drug-likeness (QED) is 0.340. The van der Waals surface area contributed by atoms with Crippen molar-refractivity contribution < 1.29 is 4.79 Å². The maximum Gasteiger partial charge on any atom is 0.240 e. The Kier molecular flexibility index (Phi) is 5.40. The lowest BCUT2D eigenvalue weighted by Crippen LogP contribution is -2.48. The normalized spacial score (nSPS) is 19.1. The van der Waals surface area contributed by atoms with Crippen LogP contribution < -0.4 is 11.3 Å². The number of hydrogen-bond acceptors (Lipinski definition) is 3. The maximum atomic E-state index is 11.7. The van der Waals surface area contributed by atoms with E-state index in [4.69, 9.17) is 5.84 Å². The Labute approximate surface area is 105 Å². The standard InChI is InChI=1S/C13H27N3O/c1-13(2,12(17)15-14)10-16(3)11-8-6-4-5-7-9-11/h11H,4-10,14H2,1-3H3,(H,15,17). The molecule has 4 heteroatoms. The van der Waals surface area contributed by atoms with Crippen LogP contribution in [0.2, 0.25) is 0 Å². The van der Waals surface area contributed by atoms with Crippen LogP contribution in [0.25, 0.3) is 0 Å². The molecular formula is C13H27N3O. The molecule has 100 valence electrons. The van der Waals surface area contributed by atoms with Gasteiger partial charge in [0, 0.05) is 12.6 Å². The monoisotopic (exact) mass is 241 g/mol. The first-order valence-corrected chi connectivity index (χ1v) is 6.68. The smallest absolute Gasteiger partial charge is 0.240 e. The van der Waals surface area contributed by atoms with Gasteiger partial charge >= 0.3 is 0 Å². The molecule has 1 fully saturated rings. The molecule has 0 spiro atoms. The van der Waals surface area contributed by atoms with Crippen molar-refractivity contribution in [1.82, 2.24) is 10.3 Å². The summed E-state index contributed by atoms with van der Waals surface area (Å²) >= 11 is 0. The first-order chi connectivity index (χ1) is 7.97. The third kappa shape index (κ3) is 4.28. The van der Waals surface area contributed by atoms with Crippen molar-refractivity contribution >= 4 is 5.91 Å². The van der Waals surface area contributed by atoms with Crippen molar-refractivity contribution in [2.75, 3.05) is 13.6 Å². The van der Waals surface area contributed by atoms with Gasteiger partial charge in [-0.05, 0) is 33.7 Å². The van der Waals surface area contributed by atoms with E-state index in [2.05, 4.69) is 17.4 Å². The number of nitrogens with two attached hydrogens (primary N) is 1. The Morgan fingerprint density at radius 1 is 1.29 bits per heavy atom. The number of nitrogens with one attached hydrogen (secondary N) is 1. The van der Waals surface area contributed by atoms with Crippen LogP contribution in [0.5, 0.6) is 0 Å². The molecule has 3 N–H and O–H groups in total. The number of amides is 1. The third-order valence-electron chi connectivity index (χ3n) is 3.84.